The first-order chi connectivity index (χ1) is 8.25. The van der Waals surface area contributed by atoms with E-state index >= 15 is 0 Å². The van der Waals surface area contributed by atoms with Gasteiger partial charge < -0.3 is 15.4 Å². The molecule has 0 spiro atoms. The zero-order valence-electron chi connectivity index (χ0n) is 10.0. The van der Waals surface area contributed by atoms with Gasteiger partial charge in [-0.15, -0.1) is 24.0 Å². The summed E-state index contributed by atoms with van der Waals surface area (Å²) < 4.78 is 18.2. The molecule has 0 aliphatic carbocycles. The minimum absolute atomic E-state index is 0. The van der Waals surface area contributed by atoms with Gasteiger partial charge in [-0.3, -0.25) is 0 Å². The fraction of sp³-hybridized carbons (Fsp3) is 0.417. The first-order valence-corrected chi connectivity index (χ1v) is 5.63. The lowest BCUT2D eigenvalue weighted by Gasteiger charge is -2.27. The van der Waals surface area contributed by atoms with Crippen LogP contribution in [0.5, 0.6) is 0 Å². The molecule has 1 fully saturated rings. The number of benzene rings is 1. The SMILES string of the molecule is I.NC(=NCc1cccc(F)c1)N1CCOCC1. The molecule has 0 radical (unpaired) electrons. The molecule has 1 aromatic rings. The number of nitrogens with two attached hydrogens (primary N) is 1. The van der Waals surface area contributed by atoms with Gasteiger partial charge >= 0.3 is 0 Å². The maximum absolute atomic E-state index is 12.9. The van der Waals surface area contributed by atoms with Gasteiger partial charge in [-0.2, -0.15) is 0 Å². The smallest absolute Gasteiger partial charge is 0.191 e. The highest BCUT2D eigenvalue weighted by atomic mass is 127. The highest BCUT2D eigenvalue weighted by molar-refractivity contribution is 14.0. The number of rotatable bonds is 2. The zero-order chi connectivity index (χ0) is 12.1. The number of halogens is 2. The van der Waals surface area contributed by atoms with Crippen molar-refractivity contribution in [2.75, 3.05) is 26.3 Å². The van der Waals surface area contributed by atoms with E-state index < -0.39 is 0 Å². The molecule has 6 heteroatoms. The molecule has 2 N–H and O–H groups in total. The van der Waals surface area contributed by atoms with Crippen molar-refractivity contribution in [3.05, 3.63) is 35.6 Å². The molecule has 0 atom stereocenters. The number of aliphatic imine (C=N–C) groups is 1. The molecule has 0 bridgehead atoms. The van der Waals surface area contributed by atoms with Gasteiger partial charge in [0.25, 0.3) is 0 Å². The third-order valence-corrected chi connectivity index (χ3v) is 2.65. The van der Waals surface area contributed by atoms with Gasteiger partial charge in [-0.25, -0.2) is 9.38 Å². The standard InChI is InChI=1S/C12H16FN3O.HI/c13-11-3-1-2-10(8-11)9-15-12(14)16-4-6-17-7-5-16;/h1-3,8H,4-7,9H2,(H2,14,15);1H. The average Bonchev–Trinajstić information content (AvgIpc) is 2.37. The van der Waals surface area contributed by atoms with E-state index in [-0.39, 0.29) is 29.8 Å². The van der Waals surface area contributed by atoms with Crippen LogP contribution in [0.3, 0.4) is 0 Å². The Bertz CT molecular complexity index is 408. The maximum atomic E-state index is 12.9. The lowest BCUT2D eigenvalue weighted by Crippen LogP contribution is -2.44. The van der Waals surface area contributed by atoms with Gasteiger partial charge in [0.2, 0.25) is 0 Å². The summed E-state index contributed by atoms with van der Waals surface area (Å²) in [4.78, 5) is 6.23. The van der Waals surface area contributed by atoms with E-state index in [9.17, 15) is 4.39 Å². The van der Waals surface area contributed by atoms with Crippen molar-refractivity contribution in [1.82, 2.24) is 4.90 Å². The Morgan fingerprint density at radius 2 is 2.11 bits per heavy atom. The molecular formula is C12H17FIN3O. The largest absolute Gasteiger partial charge is 0.378 e. The van der Waals surface area contributed by atoms with Crippen LogP contribution in [0, 0.1) is 5.82 Å². The van der Waals surface area contributed by atoms with Crippen molar-refractivity contribution in [2.45, 2.75) is 6.54 Å². The van der Waals surface area contributed by atoms with Gasteiger partial charge in [0.05, 0.1) is 19.8 Å². The van der Waals surface area contributed by atoms with Crippen LogP contribution < -0.4 is 5.73 Å². The number of hydrogen-bond donors (Lipinski definition) is 1. The van der Waals surface area contributed by atoms with Crippen LogP contribution in [0.15, 0.2) is 29.3 Å². The molecule has 18 heavy (non-hydrogen) atoms. The van der Waals surface area contributed by atoms with Crippen molar-refractivity contribution >= 4 is 29.9 Å². The predicted molar refractivity (Wildman–Crippen MR) is 79.5 cm³/mol. The van der Waals surface area contributed by atoms with Crippen molar-refractivity contribution in [3.8, 4) is 0 Å². The Balaban J connectivity index is 0.00000162. The van der Waals surface area contributed by atoms with E-state index in [0.29, 0.717) is 25.7 Å². The molecule has 1 heterocycles. The average molecular weight is 365 g/mol. The molecule has 1 aliphatic heterocycles. The van der Waals surface area contributed by atoms with E-state index in [4.69, 9.17) is 10.5 Å². The van der Waals surface area contributed by atoms with Gasteiger partial charge in [-0.1, -0.05) is 12.1 Å². The Morgan fingerprint density at radius 3 is 2.78 bits per heavy atom. The Labute approximate surface area is 123 Å². The van der Waals surface area contributed by atoms with E-state index in [2.05, 4.69) is 4.99 Å². The molecule has 0 saturated carbocycles. The number of morpholine rings is 1. The number of hydrogen-bond acceptors (Lipinski definition) is 2. The summed E-state index contributed by atoms with van der Waals surface area (Å²) in [6.07, 6.45) is 0. The van der Waals surface area contributed by atoms with Crippen molar-refractivity contribution in [3.63, 3.8) is 0 Å². The summed E-state index contributed by atoms with van der Waals surface area (Å²) in [5, 5.41) is 0. The Kier molecular flexibility index (Phi) is 6.34. The summed E-state index contributed by atoms with van der Waals surface area (Å²) in [5.74, 6) is 0.250. The van der Waals surface area contributed by atoms with E-state index in [1.165, 1.54) is 12.1 Å². The van der Waals surface area contributed by atoms with Crippen molar-refractivity contribution in [2.24, 2.45) is 10.7 Å². The third kappa shape index (κ3) is 4.41. The van der Waals surface area contributed by atoms with E-state index in [1.54, 1.807) is 6.07 Å². The molecule has 0 unspecified atom stereocenters. The second-order valence-corrected chi connectivity index (χ2v) is 3.90. The maximum Gasteiger partial charge on any atom is 0.191 e. The number of nitrogens with zero attached hydrogens (tertiary/aromatic N) is 2. The summed E-state index contributed by atoms with van der Waals surface area (Å²) in [6, 6.07) is 6.39. The quantitative estimate of drug-likeness (QED) is 0.492. The Hall–Kier alpha value is -0.890. The molecular weight excluding hydrogens is 348 g/mol. The summed E-state index contributed by atoms with van der Waals surface area (Å²) >= 11 is 0. The van der Waals surface area contributed by atoms with E-state index in [0.717, 1.165) is 18.7 Å². The molecule has 100 valence electrons. The van der Waals surface area contributed by atoms with Gasteiger partial charge in [0, 0.05) is 13.1 Å². The zero-order valence-corrected chi connectivity index (χ0v) is 12.3. The van der Waals surface area contributed by atoms with Crippen LogP contribution in [-0.2, 0) is 11.3 Å². The van der Waals surface area contributed by atoms with Crippen LogP contribution in [0.25, 0.3) is 0 Å². The summed E-state index contributed by atoms with van der Waals surface area (Å²) in [6.45, 7) is 3.28. The van der Waals surface area contributed by atoms with Crippen LogP contribution in [0.4, 0.5) is 4.39 Å². The Morgan fingerprint density at radius 1 is 1.39 bits per heavy atom. The fourth-order valence-electron chi connectivity index (χ4n) is 1.70. The van der Waals surface area contributed by atoms with Crippen molar-refractivity contribution in [1.29, 1.82) is 0 Å². The van der Waals surface area contributed by atoms with Crippen LogP contribution in [-0.4, -0.2) is 37.2 Å². The van der Waals surface area contributed by atoms with Gasteiger partial charge in [0.15, 0.2) is 5.96 Å². The van der Waals surface area contributed by atoms with Gasteiger partial charge in [-0.05, 0) is 17.7 Å². The minimum Gasteiger partial charge on any atom is -0.378 e. The topological polar surface area (TPSA) is 50.8 Å². The van der Waals surface area contributed by atoms with E-state index in [1.807, 2.05) is 11.0 Å². The first kappa shape index (κ1) is 15.2. The summed E-state index contributed by atoms with van der Waals surface area (Å²) in [7, 11) is 0. The normalized spacial score (nSPS) is 16.3. The number of ether oxygens (including phenoxy) is 1. The molecule has 4 nitrogen and oxygen atoms in total. The first-order valence-electron chi connectivity index (χ1n) is 5.63. The third-order valence-electron chi connectivity index (χ3n) is 2.65. The molecule has 0 aromatic heterocycles. The van der Waals surface area contributed by atoms with Crippen LogP contribution in [0.2, 0.25) is 0 Å². The predicted octanol–water partition coefficient (Wildman–Crippen LogP) is 1.59. The molecule has 1 aromatic carbocycles. The van der Waals surface area contributed by atoms with Crippen LogP contribution in [0.1, 0.15) is 5.56 Å². The monoisotopic (exact) mass is 365 g/mol. The molecule has 0 amide bonds. The van der Waals surface area contributed by atoms with Crippen molar-refractivity contribution < 1.29 is 9.13 Å². The molecule has 1 saturated heterocycles. The van der Waals surface area contributed by atoms with Gasteiger partial charge in [0.1, 0.15) is 5.82 Å². The second-order valence-electron chi connectivity index (χ2n) is 3.90. The highest BCUT2D eigenvalue weighted by Crippen LogP contribution is 2.05. The van der Waals surface area contributed by atoms with Crippen LogP contribution >= 0.6 is 24.0 Å². The lowest BCUT2D eigenvalue weighted by molar-refractivity contribution is 0.0674. The summed E-state index contributed by atoms with van der Waals surface area (Å²) in [5.41, 5.74) is 6.68. The number of guanidine groups is 1. The molecule has 1 aliphatic rings. The highest BCUT2D eigenvalue weighted by Gasteiger charge is 2.11. The lowest BCUT2D eigenvalue weighted by atomic mass is 10.2. The fourth-order valence-corrected chi connectivity index (χ4v) is 1.70. The minimum atomic E-state index is -0.248. The molecule has 2 rings (SSSR count). The second kappa shape index (κ2) is 7.52.